The molecular weight excluding hydrogens is 432 g/mol. The maximum absolute atomic E-state index is 12.4. The number of hydrogen-bond acceptors (Lipinski definition) is 7. The minimum absolute atomic E-state index is 0.120. The number of rotatable bonds is 9. The molecule has 9 heteroatoms. The van der Waals surface area contributed by atoms with Gasteiger partial charge in [0.25, 0.3) is 0 Å². The summed E-state index contributed by atoms with van der Waals surface area (Å²) >= 11 is 0. The number of carbonyl (C=O) groups is 1. The molecule has 0 atom stereocenters. The van der Waals surface area contributed by atoms with E-state index in [1.54, 1.807) is 21.8 Å². The highest BCUT2D eigenvalue weighted by Gasteiger charge is 2.14. The van der Waals surface area contributed by atoms with Crippen LogP contribution in [0.15, 0.2) is 53.7 Å². The van der Waals surface area contributed by atoms with Crippen molar-refractivity contribution in [3.63, 3.8) is 0 Å². The Hall–Kier alpha value is -3.30. The van der Waals surface area contributed by atoms with Gasteiger partial charge in [0.05, 0.1) is 25.4 Å². The summed E-state index contributed by atoms with van der Waals surface area (Å²) in [4.78, 5) is 29.4. The van der Waals surface area contributed by atoms with Crippen LogP contribution >= 0.6 is 0 Å². The molecule has 0 amide bonds. The molecule has 9 nitrogen and oxygen atoms in total. The molecule has 0 saturated carbocycles. The smallest absolute Gasteiger partial charge is 0.310 e. The second-order valence-corrected chi connectivity index (χ2v) is 8.84. The van der Waals surface area contributed by atoms with Gasteiger partial charge in [-0.15, -0.1) is 0 Å². The van der Waals surface area contributed by atoms with Crippen LogP contribution in [0.2, 0.25) is 0 Å². The molecule has 0 N–H and O–H groups in total. The summed E-state index contributed by atoms with van der Waals surface area (Å²) in [5, 5.41) is 8.64. The number of ether oxygens (including phenoxy) is 1. The number of aromatic nitrogens is 4. The Balaban J connectivity index is 1.29. The van der Waals surface area contributed by atoms with E-state index in [1.165, 1.54) is 6.07 Å². The molecule has 1 fully saturated rings. The molecule has 0 spiro atoms. The van der Waals surface area contributed by atoms with E-state index in [0.29, 0.717) is 18.7 Å². The lowest BCUT2D eigenvalue weighted by molar-refractivity contribution is -0.143. The third kappa shape index (κ3) is 6.61. The van der Waals surface area contributed by atoms with Crippen LogP contribution in [0, 0.1) is 0 Å². The van der Waals surface area contributed by atoms with Crippen LogP contribution in [0.3, 0.4) is 0 Å². The van der Waals surface area contributed by atoms with Gasteiger partial charge in [-0.05, 0) is 24.6 Å². The molecule has 0 aliphatic carbocycles. The Bertz CT molecular complexity index is 1160. The highest BCUT2D eigenvalue weighted by Crippen LogP contribution is 2.11. The molecule has 0 bridgehead atoms. The van der Waals surface area contributed by atoms with Crippen molar-refractivity contribution in [3.8, 4) is 5.69 Å². The zero-order chi connectivity index (χ0) is 23.9. The standard InChI is InChI=1S/C25H32N6O3/c1-28-10-12-30(13-11-28)8-4-14-34-25(33)17-21-6-3-5-20(15-21)16-23-24(32)7-9-31(27-23)22-18-26-29(2)19-22/h3,5-7,9,15,18-19H,4,8,10-14,16-17H2,1-2H3. The quantitative estimate of drug-likeness (QED) is 0.348. The summed E-state index contributed by atoms with van der Waals surface area (Å²) in [5.74, 6) is -0.229. The van der Waals surface area contributed by atoms with Crippen molar-refractivity contribution >= 4 is 5.97 Å². The lowest BCUT2D eigenvalue weighted by Crippen LogP contribution is -2.44. The van der Waals surface area contributed by atoms with E-state index in [9.17, 15) is 9.59 Å². The maximum Gasteiger partial charge on any atom is 0.310 e. The highest BCUT2D eigenvalue weighted by molar-refractivity contribution is 5.72. The van der Waals surface area contributed by atoms with Crippen molar-refractivity contribution in [3.05, 3.63) is 76.0 Å². The number of piperazine rings is 1. The fraction of sp³-hybridized carbons (Fsp3) is 0.440. The highest BCUT2D eigenvalue weighted by atomic mass is 16.5. The average molecular weight is 465 g/mol. The first-order chi connectivity index (χ1) is 16.5. The minimum Gasteiger partial charge on any atom is -0.465 e. The predicted octanol–water partition coefficient (Wildman–Crippen LogP) is 1.28. The largest absolute Gasteiger partial charge is 0.465 e. The normalized spacial score (nSPS) is 14.9. The molecule has 3 aromatic rings. The van der Waals surface area contributed by atoms with Crippen molar-refractivity contribution in [1.82, 2.24) is 29.4 Å². The van der Waals surface area contributed by atoms with Gasteiger partial charge in [0.15, 0.2) is 0 Å². The van der Waals surface area contributed by atoms with Crippen molar-refractivity contribution in [1.29, 1.82) is 0 Å². The molecule has 0 radical (unpaired) electrons. The molecule has 2 aromatic heterocycles. The summed E-state index contributed by atoms with van der Waals surface area (Å²) < 4.78 is 8.78. The fourth-order valence-corrected chi connectivity index (χ4v) is 4.05. The lowest BCUT2D eigenvalue weighted by Gasteiger charge is -2.32. The molecule has 4 rings (SSSR count). The monoisotopic (exact) mass is 464 g/mol. The van der Waals surface area contributed by atoms with Gasteiger partial charge < -0.3 is 14.5 Å². The van der Waals surface area contributed by atoms with Crippen LogP contribution in [-0.2, 0) is 29.4 Å². The summed E-state index contributed by atoms with van der Waals surface area (Å²) in [5.41, 5.74) is 2.90. The van der Waals surface area contributed by atoms with E-state index in [1.807, 2.05) is 37.5 Å². The van der Waals surface area contributed by atoms with Gasteiger partial charge in [-0.3, -0.25) is 14.3 Å². The van der Waals surface area contributed by atoms with E-state index in [0.717, 1.165) is 56.0 Å². The molecule has 1 saturated heterocycles. The number of esters is 1. The van der Waals surface area contributed by atoms with Crippen molar-refractivity contribution < 1.29 is 9.53 Å². The van der Waals surface area contributed by atoms with Crippen LogP contribution in [0.4, 0.5) is 0 Å². The van der Waals surface area contributed by atoms with E-state index in [4.69, 9.17) is 4.74 Å². The van der Waals surface area contributed by atoms with Gasteiger partial charge in [0.1, 0.15) is 11.4 Å². The van der Waals surface area contributed by atoms with Crippen molar-refractivity contribution in [2.24, 2.45) is 7.05 Å². The number of hydrogen-bond donors (Lipinski definition) is 0. The predicted molar refractivity (Wildman–Crippen MR) is 129 cm³/mol. The minimum atomic E-state index is -0.229. The Morgan fingerprint density at radius 1 is 1.09 bits per heavy atom. The van der Waals surface area contributed by atoms with Crippen LogP contribution in [0.25, 0.3) is 5.69 Å². The molecule has 34 heavy (non-hydrogen) atoms. The van der Waals surface area contributed by atoms with E-state index < -0.39 is 0 Å². The third-order valence-corrected chi connectivity index (χ3v) is 6.02. The van der Waals surface area contributed by atoms with Gasteiger partial charge >= 0.3 is 5.97 Å². The van der Waals surface area contributed by atoms with Crippen LogP contribution in [-0.4, -0.2) is 81.7 Å². The number of nitrogens with zero attached hydrogens (tertiary/aromatic N) is 6. The molecule has 180 valence electrons. The summed E-state index contributed by atoms with van der Waals surface area (Å²) in [6, 6.07) is 9.19. The summed E-state index contributed by atoms with van der Waals surface area (Å²) in [6.45, 7) is 5.71. The summed E-state index contributed by atoms with van der Waals surface area (Å²) in [6.07, 6.45) is 6.60. The maximum atomic E-state index is 12.4. The van der Waals surface area contributed by atoms with Gasteiger partial charge in [0.2, 0.25) is 5.43 Å². The second-order valence-electron chi connectivity index (χ2n) is 8.84. The molecule has 1 aliphatic heterocycles. The van der Waals surface area contributed by atoms with E-state index >= 15 is 0 Å². The molecule has 1 aliphatic rings. The fourth-order valence-electron chi connectivity index (χ4n) is 4.05. The molecule has 0 unspecified atom stereocenters. The Kier molecular flexibility index (Phi) is 7.87. The molecular formula is C25H32N6O3. The first-order valence-corrected chi connectivity index (χ1v) is 11.7. The second kappa shape index (κ2) is 11.2. The molecule has 1 aromatic carbocycles. The van der Waals surface area contributed by atoms with Gasteiger partial charge in [-0.1, -0.05) is 24.3 Å². The average Bonchev–Trinajstić information content (AvgIpc) is 3.26. The topological polar surface area (TPSA) is 85.5 Å². The van der Waals surface area contributed by atoms with Crippen LogP contribution in [0.1, 0.15) is 23.2 Å². The van der Waals surface area contributed by atoms with E-state index in [2.05, 4.69) is 27.0 Å². The lowest BCUT2D eigenvalue weighted by atomic mass is 10.0. The van der Waals surface area contributed by atoms with Gasteiger partial charge in [-0.2, -0.15) is 10.2 Å². The van der Waals surface area contributed by atoms with E-state index in [-0.39, 0.29) is 17.8 Å². The van der Waals surface area contributed by atoms with Gasteiger partial charge in [0, 0.05) is 58.5 Å². The zero-order valence-corrected chi connectivity index (χ0v) is 19.9. The Morgan fingerprint density at radius 2 is 1.88 bits per heavy atom. The molecule has 3 heterocycles. The third-order valence-electron chi connectivity index (χ3n) is 6.02. The first-order valence-electron chi connectivity index (χ1n) is 11.7. The number of benzene rings is 1. The number of carbonyl (C=O) groups excluding carboxylic acids is 1. The van der Waals surface area contributed by atoms with Crippen LogP contribution in [0.5, 0.6) is 0 Å². The number of likely N-dealkylation sites (N-methyl/N-ethyl adjacent to an activating group) is 1. The SMILES string of the molecule is CN1CCN(CCCOC(=O)Cc2cccc(Cc3nn(-c4cnn(C)c4)ccc3=O)c2)CC1. The first kappa shape index (κ1) is 23.8. The van der Waals surface area contributed by atoms with Crippen molar-refractivity contribution in [2.45, 2.75) is 19.3 Å². The Morgan fingerprint density at radius 3 is 2.65 bits per heavy atom. The van der Waals surface area contributed by atoms with Gasteiger partial charge in [-0.25, -0.2) is 4.68 Å². The Labute approximate surface area is 199 Å². The van der Waals surface area contributed by atoms with Crippen molar-refractivity contribution in [2.75, 3.05) is 46.4 Å². The van der Waals surface area contributed by atoms with Crippen LogP contribution < -0.4 is 5.43 Å². The summed E-state index contributed by atoms with van der Waals surface area (Å²) in [7, 11) is 3.97. The zero-order valence-electron chi connectivity index (χ0n) is 19.9. The number of aryl methyl sites for hydroxylation is 1.